The molecule has 112 valence electrons. The third-order valence-corrected chi connectivity index (χ3v) is 3.46. The molecule has 6 heteroatoms. The average Bonchev–Trinajstić information content (AvgIpc) is 2.83. The smallest absolute Gasteiger partial charge is 0.321 e. The van der Waals surface area contributed by atoms with Crippen LogP contribution in [-0.2, 0) is 6.54 Å². The molecule has 2 rings (SSSR count). The van der Waals surface area contributed by atoms with Crippen LogP contribution in [0.25, 0.3) is 0 Å². The number of hydrogen-bond donors (Lipinski definition) is 2. The number of ether oxygens (including phenoxy) is 1. The quantitative estimate of drug-likeness (QED) is 0.887. The molecular formula is C15H19N3O2S. The molecule has 0 bridgehead atoms. The number of carbonyl (C=O) groups excluding carboxylic acids is 1. The van der Waals surface area contributed by atoms with Gasteiger partial charge in [-0.05, 0) is 38.5 Å². The Kier molecular flexibility index (Phi) is 5.16. The number of aromatic nitrogens is 1. The number of urea groups is 1. The van der Waals surface area contributed by atoms with Crippen LogP contribution in [-0.4, -0.2) is 17.1 Å². The number of thiazole rings is 1. The van der Waals surface area contributed by atoms with Crippen LogP contribution in [0.3, 0.4) is 0 Å². The first-order valence-corrected chi connectivity index (χ1v) is 7.63. The SMILES string of the molecule is Cc1csc(NC(=O)NCc2ccc(OC(C)C)cc2)n1. The molecule has 0 radical (unpaired) electrons. The largest absolute Gasteiger partial charge is 0.491 e. The third-order valence-electron chi connectivity index (χ3n) is 2.59. The fraction of sp³-hybridized carbons (Fsp3) is 0.333. The van der Waals surface area contributed by atoms with Gasteiger partial charge < -0.3 is 10.1 Å². The van der Waals surface area contributed by atoms with Crippen LogP contribution in [0.15, 0.2) is 29.6 Å². The summed E-state index contributed by atoms with van der Waals surface area (Å²) in [4.78, 5) is 15.9. The summed E-state index contributed by atoms with van der Waals surface area (Å²) in [6, 6.07) is 7.42. The van der Waals surface area contributed by atoms with Crippen molar-refractivity contribution in [2.75, 3.05) is 5.32 Å². The molecular weight excluding hydrogens is 286 g/mol. The van der Waals surface area contributed by atoms with E-state index in [0.29, 0.717) is 11.7 Å². The van der Waals surface area contributed by atoms with E-state index >= 15 is 0 Å². The molecule has 21 heavy (non-hydrogen) atoms. The summed E-state index contributed by atoms with van der Waals surface area (Å²) >= 11 is 1.41. The van der Waals surface area contributed by atoms with Gasteiger partial charge in [0.25, 0.3) is 0 Å². The number of nitrogens with zero attached hydrogens (tertiary/aromatic N) is 1. The summed E-state index contributed by atoms with van der Waals surface area (Å²) in [6.07, 6.45) is 0.154. The molecule has 2 amide bonds. The van der Waals surface area contributed by atoms with Crippen molar-refractivity contribution in [3.05, 3.63) is 40.9 Å². The predicted molar refractivity (Wildman–Crippen MR) is 84.9 cm³/mol. The first-order chi connectivity index (χ1) is 10.0. The van der Waals surface area contributed by atoms with E-state index in [1.165, 1.54) is 11.3 Å². The zero-order valence-electron chi connectivity index (χ0n) is 12.3. The third kappa shape index (κ3) is 5.07. The van der Waals surface area contributed by atoms with Gasteiger partial charge in [0.15, 0.2) is 5.13 Å². The van der Waals surface area contributed by atoms with E-state index in [2.05, 4.69) is 15.6 Å². The Bertz CT molecular complexity index is 593. The molecule has 1 heterocycles. The van der Waals surface area contributed by atoms with Gasteiger partial charge in [-0.3, -0.25) is 5.32 Å². The van der Waals surface area contributed by atoms with E-state index < -0.39 is 0 Å². The lowest BCUT2D eigenvalue weighted by Crippen LogP contribution is -2.28. The van der Waals surface area contributed by atoms with Crippen LogP contribution in [0.4, 0.5) is 9.93 Å². The molecule has 5 nitrogen and oxygen atoms in total. The van der Waals surface area contributed by atoms with Crippen molar-refractivity contribution in [3.8, 4) is 5.75 Å². The van der Waals surface area contributed by atoms with Gasteiger partial charge in [-0.25, -0.2) is 9.78 Å². The molecule has 0 saturated heterocycles. The minimum atomic E-state index is -0.258. The van der Waals surface area contributed by atoms with Crippen LogP contribution in [0, 0.1) is 6.92 Å². The van der Waals surface area contributed by atoms with E-state index in [4.69, 9.17) is 4.74 Å². The van der Waals surface area contributed by atoms with Crippen molar-refractivity contribution in [2.45, 2.75) is 33.4 Å². The van der Waals surface area contributed by atoms with E-state index in [9.17, 15) is 4.79 Å². The Morgan fingerprint density at radius 3 is 2.62 bits per heavy atom. The maximum absolute atomic E-state index is 11.7. The molecule has 0 fully saturated rings. The number of hydrogen-bond acceptors (Lipinski definition) is 4. The second kappa shape index (κ2) is 7.08. The van der Waals surface area contributed by atoms with Crippen molar-refractivity contribution in [3.63, 3.8) is 0 Å². The number of rotatable bonds is 5. The Morgan fingerprint density at radius 2 is 2.05 bits per heavy atom. The molecule has 1 aromatic heterocycles. The minimum Gasteiger partial charge on any atom is -0.491 e. The highest BCUT2D eigenvalue weighted by Gasteiger charge is 2.05. The molecule has 1 aromatic carbocycles. The summed E-state index contributed by atoms with van der Waals surface area (Å²) in [6.45, 7) is 6.32. The second-order valence-corrected chi connectivity index (χ2v) is 5.77. The van der Waals surface area contributed by atoms with Crippen molar-refractivity contribution in [2.24, 2.45) is 0 Å². The first-order valence-electron chi connectivity index (χ1n) is 6.75. The molecule has 2 N–H and O–H groups in total. The van der Waals surface area contributed by atoms with Crippen LogP contribution in [0.5, 0.6) is 5.75 Å². The van der Waals surface area contributed by atoms with Crippen molar-refractivity contribution in [1.29, 1.82) is 0 Å². The van der Waals surface area contributed by atoms with Crippen molar-refractivity contribution >= 4 is 22.5 Å². The van der Waals surface area contributed by atoms with Crippen LogP contribution < -0.4 is 15.4 Å². The zero-order valence-corrected chi connectivity index (χ0v) is 13.2. The summed E-state index contributed by atoms with van der Waals surface area (Å²) in [5.41, 5.74) is 1.91. The number of carbonyl (C=O) groups is 1. The molecule has 0 aliphatic carbocycles. The van der Waals surface area contributed by atoms with E-state index in [1.807, 2.05) is 50.4 Å². The highest BCUT2D eigenvalue weighted by Crippen LogP contribution is 2.15. The lowest BCUT2D eigenvalue weighted by atomic mass is 10.2. The maximum Gasteiger partial charge on any atom is 0.321 e. The number of anilines is 1. The fourth-order valence-corrected chi connectivity index (χ4v) is 2.38. The van der Waals surface area contributed by atoms with Gasteiger partial charge in [-0.15, -0.1) is 11.3 Å². The van der Waals surface area contributed by atoms with Gasteiger partial charge in [0.1, 0.15) is 5.75 Å². The van der Waals surface area contributed by atoms with Crippen LogP contribution in [0.2, 0.25) is 0 Å². The average molecular weight is 305 g/mol. The standard InChI is InChI=1S/C15H19N3O2S/c1-10(2)20-13-6-4-12(5-7-13)8-16-14(19)18-15-17-11(3)9-21-15/h4-7,9-10H,8H2,1-3H3,(H2,16,17,18,19). The Hall–Kier alpha value is -2.08. The predicted octanol–water partition coefficient (Wildman–Crippen LogP) is 3.56. The van der Waals surface area contributed by atoms with Gasteiger partial charge in [0.05, 0.1) is 11.8 Å². The highest BCUT2D eigenvalue weighted by molar-refractivity contribution is 7.13. The monoisotopic (exact) mass is 305 g/mol. The molecule has 0 unspecified atom stereocenters. The lowest BCUT2D eigenvalue weighted by molar-refractivity contribution is 0.242. The van der Waals surface area contributed by atoms with Gasteiger partial charge in [-0.2, -0.15) is 0 Å². The fourth-order valence-electron chi connectivity index (χ4n) is 1.69. The lowest BCUT2D eigenvalue weighted by Gasteiger charge is -2.10. The number of amides is 2. The minimum absolute atomic E-state index is 0.154. The number of aryl methyl sites for hydroxylation is 1. The zero-order chi connectivity index (χ0) is 15.2. The normalized spacial score (nSPS) is 10.5. The molecule has 0 aliphatic rings. The van der Waals surface area contributed by atoms with Gasteiger partial charge in [-0.1, -0.05) is 12.1 Å². The van der Waals surface area contributed by atoms with Gasteiger partial charge in [0, 0.05) is 11.9 Å². The molecule has 0 aliphatic heterocycles. The Morgan fingerprint density at radius 1 is 1.33 bits per heavy atom. The summed E-state index contributed by atoms with van der Waals surface area (Å²) < 4.78 is 5.57. The van der Waals surface area contributed by atoms with Gasteiger partial charge >= 0.3 is 6.03 Å². The van der Waals surface area contributed by atoms with Crippen LogP contribution >= 0.6 is 11.3 Å². The summed E-state index contributed by atoms with van der Waals surface area (Å²) in [7, 11) is 0. The second-order valence-electron chi connectivity index (χ2n) is 4.91. The Balaban J connectivity index is 1.81. The summed E-state index contributed by atoms with van der Waals surface area (Å²) in [5, 5.41) is 7.99. The van der Waals surface area contributed by atoms with E-state index in [-0.39, 0.29) is 12.1 Å². The topological polar surface area (TPSA) is 63.2 Å². The molecule has 0 saturated carbocycles. The first kappa shape index (κ1) is 15.3. The van der Waals surface area contributed by atoms with Crippen molar-refractivity contribution in [1.82, 2.24) is 10.3 Å². The van der Waals surface area contributed by atoms with Gasteiger partial charge in [0.2, 0.25) is 0 Å². The molecule has 0 spiro atoms. The van der Waals surface area contributed by atoms with Crippen LogP contribution in [0.1, 0.15) is 25.1 Å². The maximum atomic E-state index is 11.7. The van der Waals surface area contributed by atoms with E-state index in [1.54, 1.807) is 0 Å². The number of nitrogens with one attached hydrogen (secondary N) is 2. The Labute approximate surface area is 128 Å². The van der Waals surface area contributed by atoms with E-state index in [0.717, 1.165) is 17.0 Å². The van der Waals surface area contributed by atoms with Crippen molar-refractivity contribution < 1.29 is 9.53 Å². The molecule has 0 atom stereocenters. The molecule has 2 aromatic rings. The summed E-state index contributed by atoms with van der Waals surface area (Å²) in [5.74, 6) is 0.830. The highest BCUT2D eigenvalue weighted by atomic mass is 32.1. The number of benzene rings is 1.